The lowest BCUT2D eigenvalue weighted by atomic mass is 9.56. The van der Waals surface area contributed by atoms with E-state index < -0.39 is 0 Å². The second-order valence-electron chi connectivity index (χ2n) is 8.48. The zero-order valence-corrected chi connectivity index (χ0v) is 14.6. The topological polar surface area (TPSA) is 18.5 Å². The Bertz CT molecular complexity index is 768. The van der Waals surface area contributed by atoms with Gasteiger partial charge in [-0.2, -0.15) is 0 Å². The molecule has 0 aromatic heterocycles. The van der Waals surface area contributed by atoms with E-state index in [1.54, 1.807) is 0 Å². The molecule has 3 aliphatic rings. The smallest absolute Gasteiger partial charge is 0.123 e. The molecule has 124 valence electrons. The number of ether oxygens (including phenoxy) is 2. The van der Waals surface area contributed by atoms with Crippen molar-refractivity contribution in [3.8, 4) is 11.5 Å². The van der Waals surface area contributed by atoms with Gasteiger partial charge in [0.2, 0.25) is 0 Å². The minimum absolute atomic E-state index is 0.0826. The summed E-state index contributed by atoms with van der Waals surface area (Å²) in [7, 11) is 0. The quantitative estimate of drug-likeness (QED) is 0.657. The van der Waals surface area contributed by atoms with Gasteiger partial charge in [0.05, 0.1) is 0 Å². The van der Waals surface area contributed by atoms with Gasteiger partial charge >= 0.3 is 0 Å². The van der Waals surface area contributed by atoms with Crippen LogP contribution in [-0.2, 0) is 0 Å². The highest BCUT2D eigenvalue weighted by molar-refractivity contribution is 5.46. The van der Waals surface area contributed by atoms with Crippen LogP contribution in [0.2, 0.25) is 0 Å². The normalized spacial score (nSPS) is 34.9. The summed E-state index contributed by atoms with van der Waals surface area (Å²) in [6, 6.07) is 17.2. The van der Waals surface area contributed by atoms with Gasteiger partial charge in [-0.25, -0.2) is 0 Å². The Balaban J connectivity index is 1.71. The first-order valence-electron chi connectivity index (χ1n) is 9.03. The van der Waals surface area contributed by atoms with Crippen LogP contribution in [-0.4, -0.2) is 11.2 Å². The van der Waals surface area contributed by atoms with Gasteiger partial charge in [0.15, 0.2) is 0 Å². The maximum atomic E-state index is 6.49. The van der Waals surface area contributed by atoms with E-state index in [9.17, 15) is 0 Å². The van der Waals surface area contributed by atoms with Crippen LogP contribution < -0.4 is 9.47 Å². The van der Waals surface area contributed by atoms with Gasteiger partial charge in [-0.1, -0.05) is 36.4 Å². The maximum absolute atomic E-state index is 6.49. The molecule has 1 fully saturated rings. The van der Waals surface area contributed by atoms with Crippen molar-refractivity contribution in [2.75, 3.05) is 0 Å². The van der Waals surface area contributed by atoms with Gasteiger partial charge < -0.3 is 9.47 Å². The zero-order chi connectivity index (χ0) is 16.5. The molecule has 2 heterocycles. The first-order chi connectivity index (χ1) is 11.5. The van der Waals surface area contributed by atoms with Crippen LogP contribution >= 0.6 is 0 Å². The number of fused-ring (bicyclic) bond motifs is 8. The lowest BCUT2D eigenvalue weighted by Crippen LogP contribution is -2.56. The molecule has 1 saturated carbocycles. The summed E-state index contributed by atoms with van der Waals surface area (Å²) in [5.41, 5.74) is 2.47. The monoisotopic (exact) mass is 320 g/mol. The van der Waals surface area contributed by atoms with Gasteiger partial charge in [-0.15, -0.1) is 0 Å². The molecular formula is C22H24O2. The summed E-state index contributed by atoms with van der Waals surface area (Å²) in [4.78, 5) is 0. The second kappa shape index (κ2) is 4.56. The van der Waals surface area contributed by atoms with Crippen LogP contribution in [0, 0.1) is 5.92 Å². The molecule has 0 amide bonds. The Morgan fingerprint density at radius 2 is 1.25 bits per heavy atom. The number of para-hydroxylation sites is 2. The van der Waals surface area contributed by atoms with Crippen LogP contribution in [0.3, 0.4) is 0 Å². The van der Waals surface area contributed by atoms with E-state index in [1.165, 1.54) is 11.1 Å². The summed E-state index contributed by atoms with van der Waals surface area (Å²) in [6.07, 6.45) is 2.15. The van der Waals surface area contributed by atoms with Crippen molar-refractivity contribution in [1.29, 1.82) is 0 Å². The highest BCUT2D eigenvalue weighted by atomic mass is 16.5. The molecule has 0 radical (unpaired) electrons. The number of hydrogen-bond acceptors (Lipinski definition) is 2. The van der Waals surface area contributed by atoms with Gasteiger partial charge in [-0.3, -0.25) is 0 Å². The molecule has 0 unspecified atom stereocenters. The summed E-state index contributed by atoms with van der Waals surface area (Å²) in [6.45, 7) is 6.82. The molecule has 0 N–H and O–H groups in total. The summed E-state index contributed by atoms with van der Waals surface area (Å²) in [5.74, 6) is 3.58. The molecule has 1 aliphatic carbocycles. The molecule has 2 aromatic rings. The van der Waals surface area contributed by atoms with Crippen molar-refractivity contribution in [1.82, 2.24) is 0 Å². The predicted octanol–water partition coefficient (Wildman–Crippen LogP) is 5.29. The Morgan fingerprint density at radius 1 is 0.750 bits per heavy atom. The minimum atomic E-state index is -0.171. The average molecular weight is 320 g/mol. The third-order valence-electron chi connectivity index (χ3n) is 6.34. The van der Waals surface area contributed by atoms with E-state index in [0.717, 1.165) is 24.3 Å². The summed E-state index contributed by atoms with van der Waals surface area (Å²) in [5, 5.41) is 0. The van der Waals surface area contributed by atoms with Crippen molar-refractivity contribution in [2.45, 2.75) is 56.7 Å². The molecule has 2 nitrogen and oxygen atoms in total. The van der Waals surface area contributed by atoms with E-state index in [-0.39, 0.29) is 11.2 Å². The highest BCUT2D eigenvalue weighted by Crippen LogP contribution is 2.62. The molecule has 5 rings (SSSR count). The predicted molar refractivity (Wildman–Crippen MR) is 94.8 cm³/mol. The second-order valence-corrected chi connectivity index (χ2v) is 8.48. The molecule has 0 spiro atoms. The van der Waals surface area contributed by atoms with Crippen molar-refractivity contribution >= 4 is 0 Å². The Morgan fingerprint density at radius 3 is 1.83 bits per heavy atom. The van der Waals surface area contributed by atoms with Gasteiger partial charge in [0.25, 0.3) is 0 Å². The van der Waals surface area contributed by atoms with Gasteiger partial charge in [0.1, 0.15) is 22.7 Å². The molecule has 4 atom stereocenters. The van der Waals surface area contributed by atoms with E-state index in [2.05, 4.69) is 69.3 Å². The van der Waals surface area contributed by atoms with Crippen molar-refractivity contribution in [3.05, 3.63) is 59.7 Å². The van der Waals surface area contributed by atoms with Crippen molar-refractivity contribution in [2.24, 2.45) is 5.92 Å². The molecular weight excluding hydrogens is 296 g/mol. The Labute approximate surface area is 143 Å². The van der Waals surface area contributed by atoms with Crippen LogP contribution in [0.5, 0.6) is 11.5 Å². The van der Waals surface area contributed by atoms with Crippen molar-refractivity contribution in [3.63, 3.8) is 0 Å². The van der Waals surface area contributed by atoms with Crippen LogP contribution in [0.4, 0.5) is 0 Å². The van der Waals surface area contributed by atoms with Crippen LogP contribution in [0.15, 0.2) is 48.5 Å². The molecule has 0 saturated heterocycles. The number of rotatable bonds is 0. The summed E-state index contributed by atoms with van der Waals surface area (Å²) < 4.78 is 13.0. The standard InChI is InChI=1S/C22H24O2/c1-21(2)20-16(14-8-4-6-10-18(14)23-21)12-22(3)13-17(20)15-9-5-7-11-19(15)24-22/h4-11,16-17,20H,12-13H2,1-3H3/t16-,17-,20-,22+/m0/s1. The fourth-order valence-corrected chi connectivity index (χ4v) is 5.58. The van der Waals surface area contributed by atoms with Gasteiger partial charge in [-0.05, 0) is 68.7 Å². The summed E-state index contributed by atoms with van der Waals surface area (Å²) >= 11 is 0. The fourth-order valence-electron chi connectivity index (χ4n) is 5.58. The first kappa shape index (κ1) is 14.4. The maximum Gasteiger partial charge on any atom is 0.123 e. The van der Waals surface area contributed by atoms with E-state index in [1.807, 2.05) is 0 Å². The van der Waals surface area contributed by atoms with E-state index >= 15 is 0 Å². The largest absolute Gasteiger partial charge is 0.487 e. The average Bonchev–Trinajstić information content (AvgIpc) is 2.53. The molecule has 2 bridgehead atoms. The zero-order valence-electron chi connectivity index (χ0n) is 14.6. The highest BCUT2D eigenvalue weighted by Gasteiger charge is 2.57. The Hall–Kier alpha value is -1.96. The van der Waals surface area contributed by atoms with Gasteiger partial charge in [0, 0.05) is 5.92 Å². The molecule has 24 heavy (non-hydrogen) atoms. The number of hydrogen-bond donors (Lipinski definition) is 0. The lowest BCUT2D eigenvalue weighted by Gasteiger charge is -2.57. The van der Waals surface area contributed by atoms with E-state index in [0.29, 0.717) is 17.8 Å². The third-order valence-corrected chi connectivity index (χ3v) is 6.34. The van der Waals surface area contributed by atoms with Crippen molar-refractivity contribution < 1.29 is 9.47 Å². The minimum Gasteiger partial charge on any atom is -0.487 e. The van der Waals surface area contributed by atoms with Crippen LogP contribution in [0.1, 0.15) is 56.6 Å². The van der Waals surface area contributed by atoms with E-state index in [4.69, 9.17) is 9.47 Å². The number of benzene rings is 2. The SMILES string of the molecule is CC1(C)Oc2ccccc2[C@@H]2C[C@]3(C)C[C@@H](c4ccccc4O3)[C@H]21. The molecule has 2 heteroatoms. The third kappa shape index (κ3) is 1.89. The molecule has 2 aromatic carbocycles. The Kier molecular flexibility index (Phi) is 2.73. The fraction of sp³-hybridized carbons (Fsp3) is 0.455. The van der Waals surface area contributed by atoms with Crippen LogP contribution in [0.25, 0.3) is 0 Å². The first-order valence-corrected chi connectivity index (χ1v) is 9.03. The molecule has 2 aliphatic heterocycles. The lowest BCUT2D eigenvalue weighted by molar-refractivity contribution is -0.0800.